The van der Waals surface area contributed by atoms with Gasteiger partial charge in [-0.25, -0.2) is 0 Å². The van der Waals surface area contributed by atoms with Crippen molar-refractivity contribution < 1.29 is 14.6 Å². The Morgan fingerprint density at radius 2 is 2.25 bits per heavy atom. The number of nitrogens with zero attached hydrogens (tertiary/aromatic N) is 2. The number of ether oxygens (including phenoxy) is 1. The highest BCUT2D eigenvalue weighted by Crippen LogP contribution is 2.14. The fourth-order valence-electron chi connectivity index (χ4n) is 2.45. The lowest BCUT2D eigenvalue weighted by molar-refractivity contribution is -0.138. The molecule has 0 amide bonds. The third-order valence-corrected chi connectivity index (χ3v) is 3.64. The zero-order valence-corrected chi connectivity index (χ0v) is 11.7. The van der Waals surface area contributed by atoms with Crippen LogP contribution in [0.25, 0.3) is 0 Å². The van der Waals surface area contributed by atoms with Gasteiger partial charge in [0.05, 0.1) is 19.1 Å². The molecule has 0 saturated carbocycles. The van der Waals surface area contributed by atoms with E-state index in [1.807, 2.05) is 12.3 Å². The van der Waals surface area contributed by atoms with Crippen LogP contribution < -0.4 is 0 Å². The predicted molar refractivity (Wildman–Crippen MR) is 75.6 cm³/mol. The summed E-state index contributed by atoms with van der Waals surface area (Å²) in [5, 5.41) is 8.57. The molecule has 1 N–H and O–H groups in total. The van der Waals surface area contributed by atoms with E-state index < -0.39 is 5.97 Å². The third-order valence-electron chi connectivity index (χ3n) is 3.64. The first-order valence-electron chi connectivity index (χ1n) is 7.18. The van der Waals surface area contributed by atoms with Crippen LogP contribution in [-0.4, -0.2) is 53.3 Å². The lowest BCUT2D eigenvalue weighted by Gasteiger charge is -2.31. The molecule has 0 atom stereocenters. The monoisotopic (exact) mass is 278 g/mol. The Morgan fingerprint density at radius 3 is 2.90 bits per heavy atom. The normalized spacial score (nSPS) is 17.2. The van der Waals surface area contributed by atoms with Gasteiger partial charge in [-0.1, -0.05) is 6.07 Å². The molecular weight excluding hydrogens is 256 g/mol. The van der Waals surface area contributed by atoms with Gasteiger partial charge in [-0.15, -0.1) is 0 Å². The van der Waals surface area contributed by atoms with Crippen LogP contribution in [0, 0.1) is 0 Å². The van der Waals surface area contributed by atoms with E-state index >= 15 is 0 Å². The first-order valence-corrected chi connectivity index (χ1v) is 7.18. The molecule has 1 aromatic rings. The van der Waals surface area contributed by atoms with Gasteiger partial charge in [0.1, 0.15) is 0 Å². The van der Waals surface area contributed by atoms with Gasteiger partial charge in [0.15, 0.2) is 0 Å². The van der Waals surface area contributed by atoms with Crippen molar-refractivity contribution in [2.75, 3.05) is 26.2 Å². The quantitative estimate of drug-likeness (QED) is 0.820. The molecule has 1 aliphatic heterocycles. The maximum Gasteiger partial charge on any atom is 0.305 e. The summed E-state index contributed by atoms with van der Waals surface area (Å²) in [6, 6.07) is 4.08. The highest BCUT2D eigenvalue weighted by Gasteiger charge is 2.19. The topological polar surface area (TPSA) is 62.7 Å². The van der Waals surface area contributed by atoms with E-state index in [1.54, 1.807) is 6.20 Å². The smallest absolute Gasteiger partial charge is 0.305 e. The van der Waals surface area contributed by atoms with E-state index in [-0.39, 0.29) is 12.5 Å². The second kappa shape index (κ2) is 7.97. The van der Waals surface area contributed by atoms with Gasteiger partial charge < -0.3 is 14.7 Å². The summed E-state index contributed by atoms with van der Waals surface area (Å²) in [7, 11) is 0. The van der Waals surface area contributed by atoms with Crippen molar-refractivity contribution >= 4 is 5.97 Å². The number of hydrogen-bond donors (Lipinski definition) is 1. The van der Waals surface area contributed by atoms with E-state index in [1.165, 1.54) is 5.56 Å². The summed E-state index contributed by atoms with van der Waals surface area (Å²) in [6.07, 6.45) is 7.05. The standard InChI is InChI=1S/C15H22N2O3/c18-15(19)6-11-20-14-4-9-17(10-5-14)8-3-13-2-1-7-16-12-13/h1-2,7,12,14H,3-6,8-11H2,(H,18,19). The largest absolute Gasteiger partial charge is 0.481 e. The maximum atomic E-state index is 10.4. The number of rotatable bonds is 7. The van der Waals surface area contributed by atoms with Gasteiger partial charge in [-0.3, -0.25) is 9.78 Å². The van der Waals surface area contributed by atoms with Crippen molar-refractivity contribution in [2.45, 2.75) is 31.8 Å². The van der Waals surface area contributed by atoms with Crippen molar-refractivity contribution in [1.29, 1.82) is 0 Å². The van der Waals surface area contributed by atoms with Gasteiger partial charge in [-0.2, -0.15) is 0 Å². The van der Waals surface area contributed by atoms with E-state index in [4.69, 9.17) is 9.84 Å². The average Bonchev–Trinajstić information content (AvgIpc) is 2.47. The highest BCUT2D eigenvalue weighted by atomic mass is 16.5. The Balaban J connectivity index is 1.61. The van der Waals surface area contributed by atoms with E-state index in [2.05, 4.69) is 16.0 Å². The zero-order valence-electron chi connectivity index (χ0n) is 11.7. The molecule has 1 aromatic heterocycles. The summed E-state index contributed by atoms with van der Waals surface area (Å²) in [4.78, 5) is 17.0. The molecule has 20 heavy (non-hydrogen) atoms. The maximum absolute atomic E-state index is 10.4. The molecule has 2 rings (SSSR count). The third kappa shape index (κ3) is 5.27. The van der Waals surface area contributed by atoms with Crippen molar-refractivity contribution in [1.82, 2.24) is 9.88 Å². The van der Waals surface area contributed by atoms with Gasteiger partial charge in [0.2, 0.25) is 0 Å². The number of hydrogen-bond acceptors (Lipinski definition) is 4. The lowest BCUT2D eigenvalue weighted by Crippen LogP contribution is -2.38. The molecule has 0 unspecified atom stereocenters. The molecule has 0 radical (unpaired) electrons. The fourth-order valence-corrected chi connectivity index (χ4v) is 2.45. The van der Waals surface area contributed by atoms with Crippen molar-refractivity contribution in [3.63, 3.8) is 0 Å². The summed E-state index contributed by atoms with van der Waals surface area (Å²) in [5.41, 5.74) is 1.27. The second-order valence-corrected chi connectivity index (χ2v) is 5.17. The SMILES string of the molecule is O=C(O)CCOC1CCN(CCc2cccnc2)CC1. The van der Waals surface area contributed by atoms with Crippen LogP contribution in [0.4, 0.5) is 0 Å². The molecule has 5 nitrogen and oxygen atoms in total. The lowest BCUT2D eigenvalue weighted by atomic mass is 10.1. The molecule has 0 spiro atoms. The van der Waals surface area contributed by atoms with Crippen molar-refractivity contribution in [2.24, 2.45) is 0 Å². The number of likely N-dealkylation sites (tertiary alicyclic amines) is 1. The first-order chi connectivity index (χ1) is 9.74. The van der Waals surface area contributed by atoms with Crippen LogP contribution in [0.15, 0.2) is 24.5 Å². The Kier molecular flexibility index (Phi) is 5.95. The Morgan fingerprint density at radius 1 is 1.45 bits per heavy atom. The van der Waals surface area contributed by atoms with E-state index in [0.717, 1.165) is 38.9 Å². The number of pyridine rings is 1. The number of aromatic nitrogens is 1. The number of carboxylic acid groups (broad SMARTS) is 1. The van der Waals surface area contributed by atoms with Crippen molar-refractivity contribution in [3.05, 3.63) is 30.1 Å². The first kappa shape index (κ1) is 14.9. The van der Waals surface area contributed by atoms with Gasteiger partial charge in [0, 0.05) is 32.0 Å². The van der Waals surface area contributed by atoms with E-state index in [9.17, 15) is 4.79 Å². The molecule has 2 heterocycles. The Labute approximate surface area is 119 Å². The summed E-state index contributed by atoms with van der Waals surface area (Å²) < 4.78 is 5.59. The summed E-state index contributed by atoms with van der Waals surface area (Å²) >= 11 is 0. The average molecular weight is 278 g/mol. The van der Waals surface area contributed by atoms with Crippen LogP contribution in [0.1, 0.15) is 24.8 Å². The molecule has 110 valence electrons. The Hall–Kier alpha value is -1.46. The molecule has 1 saturated heterocycles. The van der Waals surface area contributed by atoms with Crippen LogP contribution in [-0.2, 0) is 16.0 Å². The Bertz CT molecular complexity index is 403. The number of carboxylic acids is 1. The number of carbonyl (C=O) groups is 1. The van der Waals surface area contributed by atoms with Crippen molar-refractivity contribution in [3.8, 4) is 0 Å². The van der Waals surface area contributed by atoms with Crippen LogP contribution in [0.2, 0.25) is 0 Å². The minimum atomic E-state index is -0.793. The number of piperidine rings is 1. The summed E-state index contributed by atoms with van der Waals surface area (Å²) in [5.74, 6) is -0.793. The molecule has 1 aliphatic rings. The molecule has 0 bridgehead atoms. The van der Waals surface area contributed by atoms with Crippen LogP contribution >= 0.6 is 0 Å². The summed E-state index contributed by atoms with van der Waals surface area (Å²) in [6.45, 7) is 3.43. The van der Waals surface area contributed by atoms with Gasteiger partial charge >= 0.3 is 5.97 Å². The van der Waals surface area contributed by atoms with Gasteiger partial charge in [0.25, 0.3) is 0 Å². The molecule has 0 aromatic carbocycles. The molecular formula is C15H22N2O3. The minimum absolute atomic E-state index is 0.0984. The second-order valence-electron chi connectivity index (χ2n) is 5.17. The van der Waals surface area contributed by atoms with E-state index in [0.29, 0.717) is 6.61 Å². The molecule has 0 aliphatic carbocycles. The highest BCUT2D eigenvalue weighted by molar-refractivity contribution is 5.66. The minimum Gasteiger partial charge on any atom is -0.481 e. The van der Waals surface area contributed by atoms with Gasteiger partial charge in [-0.05, 0) is 30.9 Å². The van der Waals surface area contributed by atoms with Crippen LogP contribution in [0.3, 0.4) is 0 Å². The van der Waals surface area contributed by atoms with Crippen LogP contribution in [0.5, 0.6) is 0 Å². The molecule has 5 heteroatoms. The number of aliphatic carboxylic acids is 1. The zero-order chi connectivity index (χ0) is 14.2. The fraction of sp³-hybridized carbons (Fsp3) is 0.600. The predicted octanol–water partition coefficient (Wildman–Crippen LogP) is 1.58. The molecule has 1 fully saturated rings.